The Balaban J connectivity index is 1.92. The Hall–Kier alpha value is -1.65. The van der Waals surface area contributed by atoms with E-state index in [1.807, 2.05) is 30.3 Å². The van der Waals surface area contributed by atoms with Crippen LogP contribution in [0.4, 0.5) is 0 Å². The number of methoxy groups -OCH3 is 1. The van der Waals surface area contributed by atoms with E-state index in [-0.39, 0.29) is 6.01 Å². The summed E-state index contributed by atoms with van der Waals surface area (Å²) in [6, 6.07) is 11.8. The maximum absolute atomic E-state index is 5.84. The number of hydrogen-bond acceptors (Lipinski definition) is 4. The third-order valence-electron chi connectivity index (χ3n) is 2.27. The van der Waals surface area contributed by atoms with Crippen LogP contribution in [0.1, 0.15) is 11.3 Å². The molecule has 0 aliphatic rings. The van der Waals surface area contributed by atoms with E-state index < -0.39 is 0 Å². The minimum Gasteiger partial charge on any atom is -0.467 e. The van der Waals surface area contributed by atoms with Crippen LogP contribution in [0, 0.1) is 0 Å². The van der Waals surface area contributed by atoms with Crippen LogP contribution >= 0.6 is 11.6 Å². The molecule has 0 spiro atoms. The number of ether oxygens (including phenoxy) is 2. The first-order valence-electron chi connectivity index (χ1n) is 5.47. The van der Waals surface area contributed by atoms with Gasteiger partial charge in [-0.25, -0.2) is 0 Å². The molecule has 0 aliphatic carbocycles. The fourth-order valence-electron chi connectivity index (χ4n) is 1.45. The second-order valence-electron chi connectivity index (χ2n) is 3.65. The number of halogens is 1. The van der Waals surface area contributed by atoms with Gasteiger partial charge < -0.3 is 9.47 Å². The van der Waals surface area contributed by atoms with E-state index in [4.69, 9.17) is 21.1 Å². The van der Waals surface area contributed by atoms with Crippen molar-refractivity contribution in [3.63, 3.8) is 0 Å². The molecule has 5 heteroatoms. The van der Waals surface area contributed by atoms with Crippen LogP contribution in [0.15, 0.2) is 36.4 Å². The van der Waals surface area contributed by atoms with Gasteiger partial charge in [0.15, 0.2) is 0 Å². The van der Waals surface area contributed by atoms with Crippen LogP contribution in [0.2, 0.25) is 5.15 Å². The normalized spacial score (nSPS) is 10.3. The molecule has 1 heterocycles. The van der Waals surface area contributed by atoms with Gasteiger partial charge in [0.05, 0.1) is 26.0 Å². The zero-order valence-electron chi connectivity index (χ0n) is 9.97. The molecule has 0 atom stereocenters. The van der Waals surface area contributed by atoms with Crippen molar-refractivity contribution < 1.29 is 9.47 Å². The highest BCUT2D eigenvalue weighted by molar-refractivity contribution is 6.29. The van der Waals surface area contributed by atoms with Crippen molar-refractivity contribution in [2.45, 2.75) is 13.2 Å². The van der Waals surface area contributed by atoms with Crippen molar-refractivity contribution in [3.05, 3.63) is 52.8 Å². The maximum atomic E-state index is 5.84. The summed E-state index contributed by atoms with van der Waals surface area (Å²) in [5.41, 5.74) is 1.81. The second-order valence-corrected chi connectivity index (χ2v) is 4.03. The third-order valence-corrected chi connectivity index (χ3v) is 2.47. The van der Waals surface area contributed by atoms with E-state index >= 15 is 0 Å². The molecule has 0 saturated carbocycles. The topological polar surface area (TPSA) is 44.2 Å². The number of rotatable bonds is 5. The minimum atomic E-state index is 0.251. The van der Waals surface area contributed by atoms with Gasteiger partial charge in [-0.15, -0.1) is 0 Å². The lowest BCUT2D eigenvalue weighted by Crippen LogP contribution is -2.00. The molecular formula is C13H13ClN2O2. The fourth-order valence-corrected chi connectivity index (χ4v) is 1.65. The Morgan fingerprint density at radius 3 is 2.61 bits per heavy atom. The van der Waals surface area contributed by atoms with Gasteiger partial charge in [0, 0.05) is 0 Å². The predicted molar refractivity (Wildman–Crippen MR) is 68.5 cm³/mol. The fraction of sp³-hybridized carbons (Fsp3) is 0.231. The molecule has 94 valence electrons. The molecule has 0 saturated heterocycles. The van der Waals surface area contributed by atoms with Crippen molar-refractivity contribution in [2.24, 2.45) is 0 Å². The summed E-state index contributed by atoms with van der Waals surface area (Å²) in [6.45, 7) is 0.901. The molecular weight excluding hydrogens is 252 g/mol. The molecule has 0 bridgehead atoms. The molecule has 1 aromatic heterocycles. The minimum absolute atomic E-state index is 0.251. The van der Waals surface area contributed by atoms with Gasteiger partial charge in [0.2, 0.25) is 0 Å². The van der Waals surface area contributed by atoms with E-state index in [9.17, 15) is 0 Å². The highest BCUT2D eigenvalue weighted by Crippen LogP contribution is 2.13. The van der Waals surface area contributed by atoms with Crippen molar-refractivity contribution in [1.82, 2.24) is 9.97 Å². The summed E-state index contributed by atoms with van der Waals surface area (Å²) in [5.74, 6) is 0. The van der Waals surface area contributed by atoms with E-state index in [0.717, 1.165) is 5.56 Å². The molecule has 0 amide bonds. The number of hydrogen-bond donors (Lipinski definition) is 0. The molecule has 0 aliphatic heterocycles. The third kappa shape index (κ3) is 3.68. The smallest absolute Gasteiger partial charge is 0.317 e. The maximum Gasteiger partial charge on any atom is 0.317 e. The molecule has 0 fully saturated rings. The van der Waals surface area contributed by atoms with Crippen molar-refractivity contribution in [2.75, 3.05) is 7.11 Å². The van der Waals surface area contributed by atoms with Crippen molar-refractivity contribution >= 4 is 11.6 Å². The van der Waals surface area contributed by atoms with E-state index in [1.54, 1.807) is 6.07 Å². The Morgan fingerprint density at radius 1 is 1.11 bits per heavy atom. The predicted octanol–water partition coefficient (Wildman–Crippen LogP) is 2.86. The zero-order valence-corrected chi connectivity index (χ0v) is 10.7. The quantitative estimate of drug-likeness (QED) is 0.779. The summed E-state index contributed by atoms with van der Waals surface area (Å²) < 4.78 is 10.5. The average molecular weight is 265 g/mol. The van der Waals surface area contributed by atoms with Crippen LogP contribution in [0.25, 0.3) is 0 Å². The first-order valence-corrected chi connectivity index (χ1v) is 5.85. The molecule has 0 radical (unpaired) electrons. The Kier molecular flexibility index (Phi) is 4.50. The van der Waals surface area contributed by atoms with Crippen LogP contribution in [0.5, 0.6) is 6.01 Å². The van der Waals surface area contributed by atoms with Gasteiger partial charge in [0.1, 0.15) is 5.15 Å². The summed E-state index contributed by atoms with van der Waals surface area (Å²) in [5, 5.41) is 0.347. The summed E-state index contributed by atoms with van der Waals surface area (Å²) in [6.07, 6.45) is 0. The summed E-state index contributed by atoms with van der Waals surface area (Å²) in [4.78, 5) is 8.04. The van der Waals surface area contributed by atoms with Crippen LogP contribution in [-0.2, 0) is 18.0 Å². The summed E-state index contributed by atoms with van der Waals surface area (Å²) in [7, 11) is 1.50. The molecule has 0 unspecified atom stereocenters. The SMILES string of the molecule is COc1nc(Cl)cc(COCc2ccccc2)n1. The van der Waals surface area contributed by atoms with Crippen molar-refractivity contribution in [1.29, 1.82) is 0 Å². The van der Waals surface area contributed by atoms with E-state index in [2.05, 4.69) is 9.97 Å². The molecule has 2 aromatic rings. The van der Waals surface area contributed by atoms with Gasteiger partial charge in [0.25, 0.3) is 0 Å². The van der Waals surface area contributed by atoms with Gasteiger partial charge in [-0.05, 0) is 11.6 Å². The lowest BCUT2D eigenvalue weighted by molar-refractivity contribution is 0.104. The number of aromatic nitrogens is 2. The standard InChI is InChI=1S/C13H13ClN2O2/c1-17-13-15-11(7-12(14)16-13)9-18-8-10-5-3-2-4-6-10/h2-7H,8-9H2,1H3. The second kappa shape index (κ2) is 6.33. The van der Waals surface area contributed by atoms with E-state index in [1.165, 1.54) is 7.11 Å². The van der Waals surface area contributed by atoms with Crippen LogP contribution < -0.4 is 4.74 Å². The highest BCUT2D eigenvalue weighted by atomic mass is 35.5. The molecule has 18 heavy (non-hydrogen) atoms. The lowest BCUT2D eigenvalue weighted by atomic mass is 10.2. The molecule has 4 nitrogen and oxygen atoms in total. The van der Waals surface area contributed by atoms with Gasteiger partial charge >= 0.3 is 6.01 Å². The van der Waals surface area contributed by atoms with Gasteiger partial charge in [-0.1, -0.05) is 41.9 Å². The zero-order chi connectivity index (χ0) is 12.8. The Bertz CT molecular complexity index is 506. The van der Waals surface area contributed by atoms with Gasteiger partial charge in [-0.2, -0.15) is 9.97 Å². The monoisotopic (exact) mass is 264 g/mol. The largest absolute Gasteiger partial charge is 0.467 e. The number of nitrogens with zero attached hydrogens (tertiary/aromatic N) is 2. The molecule has 1 aromatic carbocycles. The van der Waals surface area contributed by atoms with Crippen LogP contribution in [0.3, 0.4) is 0 Å². The molecule has 0 N–H and O–H groups in total. The van der Waals surface area contributed by atoms with Crippen LogP contribution in [-0.4, -0.2) is 17.1 Å². The lowest BCUT2D eigenvalue weighted by Gasteiger charge is -2.05. The van der Waals surface area contributed by atoms with E-state index in [0.29, 0.717) is 24.1 Å². The first-order chi connectivity index (χ1) is 8.78. The first kappa shape index (κ1) is 12.8. The average Bonchev–Trinajstić information content (AvgIpc) is 2.39. The van der Waals surface area contributed by atoms with Crippen molar-refractivity contribution in [3.8, 4) is 6.01 Å². The molecule has 2 rings (SSSR count). The number of benzene rings is 1. The Labute approximate surface area is 111 Å². The Morgan fingerprint density at radius 2 is 1.89 bits per heavy atom. The summed E-state index contributed by atoms with van der Waals surface area (Å²) >= 11 is 5.84. The highest BCUT2D eigenvalue weighted by Gasteiger charge is 2.03. The van der Waals surface area contributed by atoms with Gasteiger partial charge in [-0.3, -0.25) is 0 Å².